The summed E-state index contributed by atoms with van der Waals surface area (Å²) in [6, 6.07) is 1.77. The van der Waals surface area contributed by atoms with Crippen LogP contribution >= 0.6 is 15.9 Å². The Balaban J connectivity index is 2.95. The molecule has 1 rings (SSSR count). The van der Waals surface area contributed by atoms with Crippen LogP contribution in [0.15, 0.2) is 16.6 Å². The molecule has 5 nitrogen and oxygen atoms in total. The highest BCUT2D eigenvalue weighted by Crippen LogP contribution is 2.29. The third-order valence-electron chi connectivity index (χ3n) is 3.77. The minimum absolute atomic E-state index is 0.0223. The van der Waals surface area contributed by atoms with Crippen LogP contribution in [0.4, 0.5) is 8.78 Å². The third kappa shape index (κ3) is 5.74. The maximum atomic E-state index is 14.2. The molecule has 0 aliphatic carbocycles. The second-order valence-electron chi connectivity index (χ2n) is 5.79. The number of amides is 1. The normalized spacial score (nSPS) is 13.2. The first-order chi connectivity index (χ1) is 11.8. The van der Waals surface area contributed by atoms with Crippen molar-refractivity contribution in [3.63, 3.8) is 0 Å². The zero-order valence-electron chi connectivity index (χ0n) is 14.5. The van der Waals surface area contributed by atoms with Crippen LogP contribution in [0.5, 0.6) is 0 Å². The van der Waals surface area contributed by atoms with Crippen molar-refractivity contribution in [1.82, 2.24) is 10.6 Å². The lowest BCUT2D eigenvalue weighted by molar-refractivity contribution is -0.150. The van der Waals surface area contributed by atoms with E-state index in [1.807, 2.05) is 0 Å². The maximum Gasteiger partial charge on any atom is 0.336 e. The lowest BCUT2D eigenvalue weighted by atomic mass is 9.91. The standard InChI is InChI=1S/C17H23BrF2N2O3/c1-4-5-6-7-21-10-15(23)22-17(2,16(24)25-3)11-8-12(18)14(20)9-13(11)19/h8-9,21H,4-7,10H2,1-3H3,(H,22,23). The van der Waals surface area contributed by atoms with E-state index in [0.717, 1.165) is 32.4 Å². The summed E-state index contributed by atoms with van der Waals surface area (Å²) in [5.41, 5.74) is -1.97. The minimum Gasteiger partial charge on any atom is -0.467 e. The summed E-state index contributed by atoms with van der Waals surface area (Å²) >= 11 is 2.96. The highest BCUT2D eigenvalue weighted by Gasteiger charge is 2.40. The van der Waals surface area contributed by atoms with Gasteiger partial charge in [0.25, 0.3) is 0 Å². The molecule has 0 saturated heterocycles. The maximum absolute atomic E-state index is 14.2. The van der Waals surface area contributed by atoms with Gasteiger partial charge in [0.1, 0.15) is 11.6 Å². The number of hydrogen-bond acceptors (Lipinski definition) is 4. The number of rotatable bonds is 9. The molecule has 2 N–H and O–H groups in total. The molecule has 25 heavy (non-hydrogen) atoms. The molecular formula is C17H23BrF2N2O3. The second-order valence-corrected chi connectivity index (χ2v) is 6.65. The van der Waals surface area contributed by atoms with Gasteiger partial charge in [-0.15, -0.1) is 0 Å². The minimum atomic E-state index is -1.78. The smallest absolute Gasteiger partial charge is 0.336 e. The second kappa shape index (κ2) is 9.82. The quantitative estimate of drug-likeness (QED) is 0.366. The molecule has 0 fully saturated rings. The molecule has 0 aromatic heterocycles. The lowest BCUT2D eigenvalue weighted by Crippen LogP contribution is -2.52. The van der Waals surface area contributed by atoms with Crippen LogP contribution in [-0.4, -0.2) is 32.1 Å². The fourth-order valence-corrected chi connectivity index (χ4v) is 2.71. The average Bonchev–Trinajstić information content (AvgIpc) is 2.56. The summed E-state index contributed by atoms with van der Waals surface area (Å²) < 4.78 is 32.4. The van der Waals surface area contributed by atoms with Gasteiger partial charge in [0.15, 0.2) is 5.54 Å². The molecule has 8 heteroatoms. The largest absolute Gasteiger partial charge is 0.467 e. The molecule has 0 aliphatic heterocycles. The molecule has 1 amide bonds. The SMILES string of the molecule is CCCCCNCC(=O)NC(C)(C(=O)OC)c1cc(Br)c(F)cc1F. The Labute approximate surface area is 154 Å². The Morgan fingerprint density at radius 3 is 2.52 bits per heavy atom. The van der Waals surface area contributed by atoms with Crippen LogP contribution in [0.25, 0.3) is 0 Å². The molecule has 140 valence electrons. The number of nitrogens with one attached hydrogen (secondary N) is 2. The molecule has 0 aliphatic rings. The number of carbonyl (C=O) groups excluding carboxylic acids is 2. The number of methoxy groups -OCH3 is 1. The van der Waals surface area contributed by atoms with Crippen molar-refractivity contribution in [2.75, 3.05) is 20.2 Å². The van der Waals surface area contributed by atoms with Crippen molar-refractivity contribution in [3.05, 3.63) is 33.8 Å². The predicted octanol–water partition coefficient (Wildman–Crippen LogP) is 3.01. The lowest BCUT2D eigenvalue weighted by Gasteiger charge is -2.29. The van der Waals surface area contributed by atoms with E-state index in [4.69, 9.17) is 4.74 Å². The van der Waals surface area contributed by atoms with E-state index in [1.54, 1.807) is 0 Å². The average molecular weight is 421 g/mol. The molecule has 1 aromatic carbocycles. The number of unbranched alkanes of at least 4 members (excludes halogenated alkanes) is 2. The summed E-state index contributed by atoms with van der Waals surface area (Å²) in [4.78, 5) is 24.4. The van der Waals surface area contributed by atoms with E-state index in [0.29, 0.717) is 12.6 Å². The van der Waals surface area contributed by atoms with Crippen molar-refractivity contribution in [3.8, 4) is 0 Å². The number of halogens is 3. The van der Waals surface area contributed by atoms with Gasteiger partial charge in [-0.3, -0.25) is 4.79 Å². The number of ether oxygens (including phenoxy) is 1. The predicted molar refractivity (Wildman–Crippen MR) is 94.0 cm³/mol. The van der Waals surface area contributed by atoms with Crippen LogP contribution in [0.2, 0.25) is 0 Å². The highest BCUT2D eigenvalue weighted by atomic mass is 79.9. The van der Waals surface area contributed by atoms with Crippen LogP contribution in [0.3, 0.4) is 0 Å². The molecule has 0 heterocycles. The summed E-state index contributed by atoms with van der Waals surface area (Å²) in [5.74, 6) is -3.12. The zero-order chi connectivity index (χ0) is 19.0. The number of carbonyl (C=O) groups is 2. The van der Waals surface area contributed by atoms with Gasteiger partial charge in [-0.2, -0.15) is 0 Å². The molecule has 0 spiro atoms. The monoisotopic (exact) mass is 420 g/mol. The summed E-state index contributed by atoms with van der Waals surface area (Å²) in [6.45, 7) is 4.02. The first-order valence-electron chi connectivity index (χ1n) is 8.01. The Bertz CT molecular complexity index is 628. The summed E-state index contributed by atoms with van der Waals surface area (Å²) in [7, 11) is 1.13. The summed E-state index contributed by atoms with van der Waals surface area (Å²) in [6.07, 6.45) is 3.04. The molecule has 0 bridgehead atoms. The Morgan fingerprint density at radius 2 is 1.92 bits per heavy atom. The van der Waals surface area contributed by atoms with Crippen molar-refractivity contribution in [2.45, 2.75) is 38.6 Å². The van der Waals surface area contributed by atoms with Crippen molar-refractivity contribution < 1.29 is 23.1 Å². The van der Waals surface area contributed by atoms with E-state index in [-0.39, 0.29) is 16.6 Å². The van der Waals surface area contributed by atoms with Crippen LogP contribution < -0.4 is 10.6 Å². The van der Waals surface area contributed by atoms with Crippen molar-refractivity contribution >= 4 is 27.8 Å². The molecule has 1 unspecified atom stereocenters. The van der Waals surface area contributed by atoms with Crippen molar-refractivity contribution in [1.29, 1.82) is 0 Å². The van der Waals surface area contributed by atoms with Gasteiger partial charge in [0.05, 0.1) is 18.1 Å². The molecule has 1 aromatic rings. The number of benzene rings is 1. The number of esters is 1. The molecule has 0 radical (unpaired) electrons. The highest BCUT2D eigenvalue weighted by molar-refractivity contribution is 9.10. The van der Waals surface area contributed by atoms with Crippen LogP contribution in [0.1, 0.15) is 38.7 Å². The van der Waals surface area contributed by atoms with E-state index in [1.165, 1.54) is 6.92 Å². The molecule has 0 saturated carbocycles. The van der Waals surface area contributed by atoms with Gasteiger partial charge in [-0.25, -0.2) is 13.6 Å². The van der Waals surface area contributed by atoms with Gasteiger partial charge in [0, 0.05) is 11.6 Å². The van der Waals surface area contributed by atoms with E-state index < -0.39 is 29.0 Å². The van der Waals surface area contributed by atoms with Crippen LogP contribution in [0, 0.1) is 11.6 Å². The first kappa shape index (κ1) is 21.5. The fourth-order valence-electron chi connectivity index (χ4n) is 2.36. The van der Waals surface area contributed by atoms with Gasteiger partial charge in [0.2, 0.25) is 5.91 Å². The third-order valence-corrected chi connectivity index (χ3v) is 4.38. The van der Waals surface area contributed by atoms with Gasteiger partial charge in [-0.05, 0) is 41.9 Å². The molecule has 1 atom stereocenters. The Morgan fingerprint density at radius 1 is 1.24 bits per heavy atom. The van der Waals surface area contributed by atoms with Crippen molar-refractivity contribution in [2.24, 2.45) is 0 Å². The Kier molecular flexibility index (Phi) is 8.44. The van der Waals surface area contributed by atoms with Crippen LogP contribution in [-0.2, 0) is 19.9 Å². The zero-order valence-corrected chi connectivity index (χ0v) is 16.1. The van der Waals surface area contributed by atoms with Gasteiger partial charge in [-0.1, -0.05) is 19.8 Å². The number of hydrogen-bond donors (Lipinski definition) is 2. The van der Waals surface area contributed by atoms with E-state index in [9.17, 15) is 18.4 Å². The van der Waals surface area contributed by atoms with E-state index in [2.05, 4.69) is 33.5 Å². The first-order valence-corrected chi connectivity index (χ1v) is 8.80. The Hall–Kier alpha value is -1.54. The topological polar surface area (TPSA) is 67.4 Å². The van der Waals surface area contributed by atoms with Gasteiger partial charge < -0.3 is 15.4 Å². The fraction of sp³-hybridized carbons (Fsp3) is 0.529. The van der Waals surface area contributed by atoms with Gasteiger partial charge >= 0.3 is 5.97 Å². The molecular weight excluding hydrogens is 398 g/mol. The van der Waals surface area contributed by atoms with E-state index >= 15 is 0 Å². The summed E-state index contributed by atoms with van der Waals surface area (Å²) in [5, 5.41) is 5.44.